The molecule has 0 aromatic rings. The van der Waals surface area contributed by atoms with Crippen LogP contribution in [0, 0.1) is 0 Å². The fraction of sp³-hybridized carbons (Fsp3) is 0.556. The molecule has 0 aliphatic rings. The van der Waals surface area contributed by atoms with Crippen molar-refractivity contribution in [1.82, 2.24) is 0 Å². The first-order valence-corrected chi connectivity index (χ1v) is 5.14. The number of hydrogen-bond acceptors (Lipinski definition) is 9. The molecule has 0 spiro atoms. The molecule has 9 N–H and O–H groups in total. The standard InChI is InChI=1S/C5H10N2O3.2C2H5NO2.Mg/c6-3(5(9)10)1-2-4(7)8;2*3-1-2(4)5;/h3H,1-2,6H2,(H2,7,8)(H,9,10);2*1,3H2,(H,4,5);/q;;;+2/p-2/t3-;;;/m0.../s1. The van der Waals surface area contributed by atoms with Gasteiger partial charge in [-0.2, -0.15) is 0 Å². The van der Waals surface area contributed by atoms with Gasteiger partial charge in [-0.25, -0.2) is 0 Å². The van der Waals surface area contributed by atoms with E-state index < -0.39 is 29.9 Å². The van der Waals surface area contributed by atoms with E-state index in [0.717, 1.165) is 0 Å². The minimum absolute atomic E-state index is 0. The van der Waals surface area contributed by atoms with Crippen LogP contribution in [-0.2, 0) is 19.2 Å². The van der Waals surface area contributed by atoms with Gasteiger partial charge in [0.05, 0.1) is 11.9 Å². The van der Waals surface area contributed by atoms with Gasteiger partial charge in [-0.3, -0.25) is 9.59 Å². The zero-order valence-corrected chi connectivity index (χ0v) is 12.7. The van der Waals surface area contributed by atoms with Crippen molar-refractivity contribution in [3.8, 4) is 0 Å². The zero-order valence-electron chi connectivity index (χ0n) is 11.3. The summed E-state index contributed by atoms with van der Waals surface area (Å²) in [5.41, 5.74) is 18.8. The van der Waals surface area contributed by atoms with Crippen LogP contribution in [0.1, 0.15) is 12.8 Å². The SMILES string of the molecule is NC(=O)CC[C@H](N)C(=O)O.NCC(=O)[O-].NCC(=O)[O-].[Mg+2]. The van der Waals surface area contributed by atoms with Crippen LogP contribution in [0.3, 0.4) is 0 Å². The Balaban J connectivity index is -0.000000112. The van der Waals surface area contributed by atoms with Crippen molar-refractivity contribution in [2.45, 2.75) is 18.9 Å². The summed E-state index contributed by atoms with van der Waals surface area (Å²) >= 11 is 0. The van der Waals surface area contributed by atoms with E-state index >= 15 is 0 Å². The molecule has 0 saturated heterocycles. The molecule has 118 valence electrons. The van der Waals surface area contributed by atoms with E-state index in [0.29, 0.717) is 0 Å². The molecule has 0 aromatic heterocycles. The molecular weight excluding hydrogens is 300 g/mol. The summed E-state index contributed by atoms with van der Waals surface area (Å²) in [4.78, 5) is 38.4. The maximum absolute atomic E-state index is 10.1. The molecular formula is C9H18MgN4O7. The third-order valence-corrected chi connectivity index (χ3v) is 1.35. The number of aliphatic carboxylic acids is 3. The number of rotatable bonds is 6. The largest absolute Gasteiger partial charge is 2.00 e. The molecule has 0 bridgehead atoms. The van der Waals surface area contributed by atoms with Crippen molar-refractivity contribution in [3.05, 3.63) is 0 Å². The van der Waals surface area contributed by atoms with Crippen molar-refractivity contribution >= 4 is 46.9 Å². The molecule has 1 amide bonds. The smallest absolute Gasteiger partial charge is 0.549 e. The van der Waals surface area contributed by atoms with Gasteiger partial charge in [-0.1, -0.05) is 0 Å². The fourth-order valence-corrected chi connectivity index (χ4v) is 0.421. The maximum atomic E-state index is 10.1. The first kappa shape index (κ1) is 27.8. The molecule has 0 heterocycles. The summed E-state index contributed by atoms with van der Waals surface area (Å²) in [5.74, 6) is -4.08. The molecule has 0 aromatic carbocycles. The van der Waals surface area contributed by atoms with Crippen LogP contribution < -0.4 is 33.1 Å². The maximum Gasteiger partial charge on any atom is 2.00 e. The van der Waals surface area contributed by atoms with Gasteiger partial charge in [-0.15, -0.1) is 0 Å². The Labute approximate surface area is 136 Å². The van der Waals surface area contributed by atoms with Gasteiger partial charge < -0.3 is 47.8 Å². The second kappa shape index (κ2) is 18.5. The number of carbonyl (C=O) groups is 4. The third-order valence-electron chi connectivity index (χ3n) is 1.35. The van der Waals surface area contributed by atoms with Gasteiger partial charge in [-0.05, 0) is 6.42 Å². The topological polar surface area (TPSA) is 239 Å². The Morgan fingerprint density at radius 2 is 1.29 bits per heavy atom. The quantitative estimate of drug-likeness (QED) is 0.290. The molecule has 0 saturated carbocycles. The van der Waals surface area contributed by atoms with Crippen LogP contribution >= 0.6 is 0 Å². The van der Waals surface area contributed by atoms with E-state index in [1.807, 2.05) is 0 Å². The van der Waals surface area contributed by atoms with Crippen LogP contribution in [0.4, 0.5) is 0 Å². The molecule has 21 heavy (non-hydrogen) atoms. The molecule has 0 aliphatic heterocycles. The summed E-state index contributed by atoms with van der Waals surface area (Å²) in [6.45, 7) is -0.778. The minimum atomic E-state index is -1.22. The molecule has 0 unspecified atom stereocenters. The first-order chi connectivity index (χ1) is 9.08. The van der Waals surface area contributed by atoms with Crippen LogP contribution in [0.15, 0.2) is 0 Å². The predicted octanol–water partition coefficient (Wildman–Crippen LogP) is -6.33. The number of hydrogen-bond donors (Lipinski definition) is 5. The van der Waals surface area contributed by atoms with Crippen molar-refractivity contribution < 1.29 is 34.5 Å². The molecule has 0 rings (SSSR count). The summed E-state index contributed by atoms with van der Waals surface area (Å²) in [5, 5.41) is 26.5. The van der Waals surface area contributed by atoms with E-state index in [2.05, 4.69) is 11.5 Å². The van der Waals surface area contributed by atoms with Gasteiger partial charge >= 0.3 is 29.0 Å². The summed E-state index contributed by atoms with van der Waals surface area (Å²) in [7, 11) is 0. The van der Waals surface area contributed by atoms with Crippen molar-refractivity contribution in [3.63, 3.8) is 0 Å². The molecule has 0 fully saturated rings. The number of carbonyl (C=O) groups excluding carboxylic acids is 3. The number of amides is 1. The molecule has 0 aliphatic carbocycles. The van der Waals surface area contributed by atoms with Gasteiger partial charge in [0.15, 0.2) is 0 Å². The van der Waals surface area contributed by atoms with Crippen LogP contribution in [0.5, 0.6) is 0 Å². The van der Waals surface area contributed by atoms with Gasteiger partial charge in [0.25, 0.3) is 0 Å². The van der Waals surface area contributed by atoms with Crippen LogP contribution in [0.2, 0.25) is 0 Å². The predicted molar refractivity (Wildman–Crippen MR) is 67.9 cm³/mol. The van der Waals surface area contributed by atoms with Crippen molar-refractivity contribution in [2.75, 3.05) is 13.1 Å². The van der Waals surface area contributed by atoms with Crippen molar-refractivity contribution in [1.29, 1.82) is 0 Å². The normalized spacial score (nSPS) is 9.48. The van der Waals surface area contributed by atoms with Crippen LogP contribution in [-0.4, -0.2) is 71.1 Å². The second-order valence-corrected chi connectivity index (χ2v) is 3.10. The number of nitrogens with two attached hydrogens (primary N) is 4. The monoisotopic (exact) mass is 318 g/mol. The van der Waals surface area contributed by atoms with Crippen molar-refractivity contribution in [2.24, 2.45) is 22.9 Å². The summed E-state index contributed by atoms with van der Waals surface area (Å²) < 4.78 is 0. The van der Waals surface area contributed by atoms with E-state index in [9.17, 15) is 9.59 Å². The van der Waals surface area contributed by atoms with Gasteiger partial charge in [0, 0.05) is 19.5 Å². The van der Waals surface area contributed by atoms with Crippen LogP contribution in [0.25, 0.3) is 0 Å². The molecule has 0 radical (unpaired) electrons. The summed E-state index contributed by atoms with van der Waals surface area (Å²) in [6, 6.07) is -0.979. The van der Waals surface area contributed by atoms with E-state index in [1.165, 1.54) is 0 Å². The van der Waals surface area contributed by atoms with E-state index in [-0.39, 0.29) is 49.0 Å². The van der Waals surface area contributed by atoms with E-state index in [4.69, 9.17) is 36.4 Å². The Kier molecular flexibility index (Phi) is 24.5. The number of primary amides is 1. The Morgan fingerprint density at radius 3 is 1.43 bits per heavy atom. The second-order valence-electron chi connectivity index (χ2n) is 3.10. The Hall–Kier alpha value is -1.47. The van der Waals surface area contributed by atoms with E-state index in [1.54, 1.807) is 0 Å². The summed E-state index contributed by atoms with van der Waals surface area (Å²) in [6.07, 6.45) is 0.123. The average molecular weight is 319 g/mol. The molecule has 12 heteroatoms. The average Bonchev–Trinajstić information content (AvgIpc) is 2.36. The zero-order chi connectivity index (χ0) is 16.7. The first-order valence-electron chi connectivity index (χ1n) is 5.14. The number of carboxylic acid groups (broad SMARTS) is 3. The molecule has 11 nitrogen and oxygen atoms in total. The fourth-order valence-electron chi connectivity index (χ4n) is 0.421. The molecule has 1 atom stereocenters. The third kappa shape index (κ3) is 38.1. The van der Waals surface area contributed by atoms with Gasteiger partial charge in [0.2, 0.25) is 5.91 Å². The number of carboxylic acids is 3. The van der Waals surface area contributed by atoms with Gasteiger partial charge in [0.1, 0.15) is 6.04 Å². The Morgan fingerprint density at radius 1 is 1.00 bits per heavy atom. The minimum Gasteiger partial charge on any atom is -0.549 e. The Bertz CT molecular complexity index is 313.